The average Bonchev–Trinajstić information content (AvgIpc) is 2.84. The van der Waals surface area contributed by atoms with Crippen LogP contribution in [-0.2, 0) is 19.6 Å². The third-order valence-corrected chi connectivity index (χ3v) is 10.3. The number of benzene rings is 2. The molecule has 37 heavy (non-hydrogen) atoms. The molecule has 0 heterocycles. The Morgan fingerprint density at radius 1 is 0.973 bits per heavy atom. The maximum absolute atomic E-state index is 13.3. The van der Waals surface area contributed by atoms with Gasteiger partial charge in [0, 0.05) is 16.8 Å². The second-order valence-electron chi connectivity index (χ2n) is 11.2. The number of ether oxygens (including phenoxy) is 1. The number of rotatable bonds is 8. The summed E-state index contributed by atoms with van der Waals surface area (Å²) in [5.74, 6) is 0.871. The number of carbonyl (C=O) groups is 2. The van der Waals surface area contributed by atoms with Crippen molar-refractivity contribution in [3.05, 3.63) is 59.1 Å². The Balaban J connectivity index is 1.23. The highest BCUT2D eigenvalue weighted by molar-refractivity contribution is 7.89. The Morgan fingerprint density at radius 3 is 2.16 bits per heavy atom. The number of anilines is 1. The third kappa shape index (κ3) is 5.56. The smallest absolute Gasteiger partial charge is 0.338 e. The van der Waals surface area contributed by atoms with Crippen molar-refractivity contribution >= 4 is 39.2 Å². The van der Waals surface area contributed by atoms with Gasteiger partial charge in [0.05, 0.1) is 10.5 Å². The summed E-state index contributed by atoms with van der Waals surface area (Å²) in [6, 6.07) is 12.1. The highest BCUT2D eigenvalue weighted by Gasteiger charge is 2.53. The minimum atomic E-state index is -3.85. The van der Waals surface area contributed by atoms with Crippen LogP contribution >= 0.6 is 11.6 Å². The number of sulfonamides is 1. The summed E-state index contributed by atoms with van der Waals surface area (Å²) < 4.78 is 34.9. The molecular weight excluding hydrogens is 512 g/mol. The molecule has 4 saturated carbocycles. The third-order valence-electron chi connectivity index (χ3n) is 8.48. The van der Waals surface area contributed by atoms with Crippen LogP contribution in [0, 0.1) is 23.2 Å². The Hall–Kier alpha value is -2.42. The van der Waals surface area contributed by atoms with E-state index >= 15 is 0 Å². The van der Waals surface area contributed by atoms with E-state index in [1.165, 1.54) is 50.5 Å². The molecule has 0 spiro atoms. The van der Waals surface area contributed by atoms with Crippen LogP contribution in [0.1, 0.15) is 62.7 Å². The molecule has 4 aliphatic carbocycles. The Labute approximate surface area is 223 Å². The number of esters is 1. The lowest BCUT2D eigenvalue weighted by Gasteiger charge is -2.59. The fraction of sp³-hybridized carbons (Fsp3) is 0.500. The lowest BCUT2D eigenvalue weighted by Crippen LogP contribution is -2.55. The van der Waals surface area contributed by atoms with E-state index in [4.69, 9.17) is 16.3 Å². The van der Waals surface area contributed by atoms with Crippen molar-refractivity contribution in [2.24, 2.45) is 23.2 Å². The molecule has 198 valence electrons. The van der Waals surface area contributed by atoms with Gasteiger partial charge in [-0.3, -0.25) is 4.79 Å². The molecule has 4 bridgehead atoms. The molecular formula is C28H33ClN2O5S. The minimum absolute atomic E-state index is 0.0109. The predicted molar refractivity (Wildman–Crippen MR) is 142 cm³/mol. The number of amides is 1. The predicted octanol–water partition coefficient (Wildman–Crippen LogP) is 5.41. The molecule has 9 heteroatoms. The van der Waals surface area contributed by atoms with E-state index < -0.39 is 28.0 Å². The van der Waals surface area contributed by atoms with E-state index in [1.54, 1.807) is 24.3 Å². The summed E-state index contributed by atoms with van der Waals surface area (Å²) in [5, 5.41) is 3.19. The first-order valence-electron chi connectivity index (χ1n) is 12.9. The molecule has 2 aromatic rings. The lowest BCUT2D eigenvalue weighted by atomic mass is 9.48. The van der Waals surface area contributed by atoms with E-state index in [0.717, 1.165) is 37.0 Å². The second kappa shape index (κ2) is 10.0. The topological polar surface area (TPSA) is 102 Å². The van der Waals surface area contributed by atoms with Gasteiger partial charge in [-0.1, -0.05) is 17.7 Å². The molecule has 2 atom stereocenters. The van der Waals surface area contributed by atoms with E-state index in [9.17, 15) is 18.0 Å². The number of hydrogen-bond acceptors (Lipinski definition) is 5. The van der Waals surface area contributed by atoms with Gasteiger partial charge in [0.25, 0.3) is 5.91 Å². The van der Waals surface area contributed by atoms with Crippen LogP contribution in [0.4, 0.5) is 5.69 Å². The molecule has 4 fully saturated rings. The van der Waals surface area contributed by atoms with Gasteiger partial charge in [-0.05, 0) is 118 Å². The van der Waals surface area contributed by atoms with Crippen molar-refractivity contribution in [1.82, 2.24) is 4.72 Å². The molecule has 6 rings (SSSR count). The van der Waals surface area contributed by atoms with Gasteiger partial charge in [0.1, 0.15) is 0 Å². The maximum atomic E-state index is 13.3. The van der Waals surface area contributed by atoms with E-state index in [1.807, 2.05) is 6.92 Å². The summed E-state index contributed by atoms with van der Waals surface area (Å²) in [7, 11) is -3.85. The van der Waals surface area contributed by atoms with Crippen molar-refractivity contribution in [3.8, 4) is 0 Å². The average molecular weight is 545 g/mol. The molecule has 0 radical (unpaired) electrons. The molecule has 0 unspecified atom stereocenters. The molecule has 2 aromatic carbocycles. The van der Waals surface area contributed by atoms with Crippen molar-refractivity contribution in [2.75, 3.05) is 5.32 Å². The first kappa shape index (κ1) is 26.2. The van der Waals surface area contributed by atoms with Gasteiger partial charge in [0.2, 0.25) is 10.0 Å². The summed E-state index contributed by atoms with van der Waals surface area (Å²) in [5.41, 5.74) is 0.603. The lowest BCUT2D eigenvalue weighted by molar-refractivity contribution is -0.123. The van der Waals surface area contributed by atoms with Crippen LogP contribution in [0.3, 0.4) is 0 Å². The molecule has 7 nitrogen and oxygen atoms in total. The fourth-order valence-corrected chi connectivity index (χ4v) is 8.50. The summed E-state index contributed by atoms with van der Waals surface area (Å²) in [4.78, 5) is 25.2. The quantitative estimate of drug-likeness (QED) is 0.433. The number of halogens is 1. The van der Waals surface area contributed by atoms with Gasteiger partial charge >= 0.3 is 5.97 Å². The SMILES string of the molecule is C[C@H](OC(=O)c1cccc(S(=O)(=O)N[C@H](C)C23CC4CC(CC(C4)C2)C3)c1)C(=O)Nc1ccc(Cl)cc1. The molecule has 2 N–H and O–H groups in total. The zero-order valence-corrected chi connectivity index (χ0v) is 22.6. The zero-order chi connectivity index (χ0) is 26.4. The van der Waals surface area contributed by atoms with Gasteiger partial charge in [-0.15, -0.1) is 0 Å². The number of hydrogen-bond donors (Lipinski definition) is 2. The normalized spacial score (nSPS) is 27.9. The molecule has 4 aliphatic rings. The van der Waals surface area contributed by atoms with Crippen LogP contribution in [-0.4, -0.2) is 32.4 Å². The van der Waals surface area contributed by atoms with Crippen LogP contribution in [0.25, 0.3) is 0 Å². The Morgan fingerprint density at radius 2 is 1.57 bits per heavy atom. The monoisotopic (exact) mass is 544 g/mol. The summed E-state index contributed by atoms with van der Waals surface area (Å²) >= 11 is 5.86. The Bertz CT molecular complexity index is 1260. The summed E-state index contributed by atoms with van der Waals surface area (Å²) in [6.07, 6.45) is 6.05. The molecule has 0 aliphatic heterocycles. The number of nitrogens with one attached hydrogen (secondary N) is 2. The van der Waals surface area contributed by atoms with Gasteiger partial charge in [-0.2, -0.15) is 0 Å². The van der Waals surface area contributed by atoms with Gasteiger partial charge < -0.3 is 10.1 Å². The molecule has 1 amide bonds. The minimum Gasteiger partial charge on any atom is -0.449 e. The van der Waals surface area contributed by atoms with Crippen molar-refractivity contribution in [2.45, 2.75) is 69.4 Å². The van der Waals surface area contributed by atoms with Crippen LogP contribution in [0.15, 0.2) is 53.4 Å². The Kier molecular flexibility index (Phi) is 7.11. The first-order chi connectivity index (χ1) is 17.5. The maximum Gasteiger partial charge on any atom is 0.338 e. The van der Waals surface area contributed by atoms with Gasteiger partial charge in [0.15, 0.2) is 6.10 Å². The standard InChI is InChI=1S/C28H33ClN2O5S/c1-17(26(32)30-24-8-6-23(29)7-9-24)36-27(33)22-4-3-5-25(13-22)37(34,35)31-18(2)28-14-19-10-20(15-28)12-21(11-19)16-28/h3-9,13,17-21,31H,10-12,14-16H2,1-2H3,(H,30,32)/t17-,18+,19?,20?,21?,28?/m0/s1. The van der Waals surface area contributed by atoms with Crippen molar-refractivity contribution < 1.29 is 22.7 Å². The largest absolute Gasteiger partial charge is 0.449 e. The van der Waals surface area contributed by atoms with Crippen LogP contribution < -0.4 is 10.0 Å². The molecule has 0 saturated heterocycles. The molecule has 0 aromatic heterocycles. The highest BCUT2D eigenvalue weighted by Crippen LogP contribution is 2.61. The van der Waals surface area contributed by atoms with Gasteiger partial charge in [-0.25, -0.2) is 17.9 Å². The van der Waals surface area contributed by atoms with E-state index in [2.05, 4.69) is 10.0 Å². The summed E-state index contributed by atoms with van der Waals surface area (Å²) in [6.45, 7) is 3.45. The van der Waals surface area contributed by atoms with Crippen molar-refractivity contribution in [3.63, 3.8) is 0 Å². The highest BCUT2D eigenvalue weighted by atomic mass is 35.5. The van der Waals surface area contributed by atoms with E-state index in [0.29, 0.717) is 10.7 Å². The second-order valence-corrected chi connectivity index (χ2v) is 13.3. The first-order valence-corrected chi connectivity index (χ1v) is 14.8. The van der Waals surface area contributed by atoms with Crippen LogP contribution in [0.5, 0.6) is 0 Å². The van der Waals surface area contributed by atoms with Crippen molar-refractivity contribution in [1.29, 1.82) is 0 Å². The number of carbonyl (C=O) groups excluding carboxylic acids is 2. The zero-order valence-electron chi connectivity index (χ0n) is 21.1. The van der Waals surface area contributed by atoms with E-state index in [-0.39, 0.29) is 21.9 Å². The fourth-order valence-electron chi connectivity index (χ4n) is 6.98. The van der Waals surface area contributed by atoms with Crippen LogP contribution in [0.2, 0.25) is 5.02 Å².